The zero-order valence-corrected chi connectivity index (χ0v) is 22.9. The van der Waals surface area contributed by atoms with Crippen LogP contribution in [0.4, 0.5) is 11.4 Å². The highest BCUT2D eigenvalue weighted by Gasteiger charge is 2.10. The Bertz CT molecular complexity index is 1300. The van der Waals surface area contributed by atoms with Crippen LogP contribution in [0, 0.1) is 0 Å². The van der Waals surface area contributed by atoms with Crippen molar-refractivity contribution >= 4 is 29.4 Å². The van der Waals surface area contributed by atoms with Crippen LogP contribution in [0.2, 0.25) is 0 Å². The summed E-state index contributed by atoms with van der Waals surface area (Å²) in [6.45, 7) is 3.45. The molecule has 0 aliphatic carbocycles. The van der Waals surface area contributed by atoms with E-state index in [1.807, 2.05) is 84.9 Å². The molecule has 0 saturated carbocycles. The molecule has 0 amide bonds. The third-order valence-corrected chi connectivity index (χ3v) is 6.46. The number of nitrogens with zero attached hydrogens (tertiary/aromatic N) is 6. The van der Waals surface area contributed by atoms with Gasteiger partial charge in [0.1, 0.15) is 43.6 Å². The Balaban J connectivity index is 1.36. The van der Waals surface area contributed by atoms with Gasteiger partial charge < -0.3 is 10.0 Å². The van der Waals surface area contributed by atoms with Gasteiger partial charge in [0.15, 0.2) is 0 Å². The van der Waals surface area contributed by atoms with Crippen molar-refractivity contribution in [3.63, 3.8) is 0 Å². The van der Waals surface area contributed by atoms with Crippen LogP contribution >= 0.6 is 0 Å². The highest BCUT2D eigenvalue weighted by molar-refractivity contribution is 5.77. The highest BCUT2D eigenvalue weighted by atomic mass is 16.3. The van der Waals surface area contributed by atoms with Gasteiger partial charge in [0, 0.05) is 19.6 Å². The summed E-state index contributed by atoms with van der Waals surface area (Å²) in [5.41, 5.74) is 4.16. The number of hydrogen-bond acceptors (Lipinski definition) is 3. The first kappa shape index (κ1) is 27.0. The quantitative estimate of drug-likeness (QED) is 0.133. The number of aromatic nitrogens is 4. The number of quaternary nitrogens is 1. The minimum atomic E-state index is -0.132. The summed E-state index contributed by atoms with van der Waals surface area (Å²) in [7, 11) is 8.25. The van der Waals surface area contributed by atoms with Crippen molar-refractivity contribution in [1.82, 2.24) is 14.0 Å². The molecule has 0 fully saturated rings. The second-order valence-electron chi connectivity index (χ2n) is 9.96. The van der Waals surface area contributed by atoms with Crippen molar-refractivity contribution in [3.05, 3.63) is 97.1 Å². The molecule has 0 saturated heterocycles. The molecule has 4 rings (SSSR count). The fraction of sp³-hybridized carbons (Fsp3) is 0.300. The molecule has 0 aliphatic rings. The van der Waals surface area contributed by atoms with E-state index in [2.05, 4.69) is 69.5 Å². The Hall–Kier alpha value is -4.01. The molecule has 4 aromatic rings. The number of imidazole rings is 2. The van der Waals surface area contributed by atoms with Gasteiger partial charge in [-0.2, -0.15) is 0 Å². The van der Waals surface area contributed by atoms with E-state index in [4.69, 9.17) is 0 Å². The van der Waals surface area contributed by atoms with Crippen LogP contribution in [0.25, 0.3) is 12.2 Å². The van der Waals surface area contributed by atoms with E-state index < -0.39 is 0 Å². The predicted molar refractivity (Wildman–Crippen MR) is 149 cm³/mol. The first-order valence-corrected chi connectivity index (χ1v) is 13.0. The first-order valence-electron chi connectivity index (χ1n) is 13.0. The van der Waals surface area contributed by atoms with E-state index >= 15 is 0 Å². The lowest BCUT2D eigenvalue weighted by molar-refractivity contribution is -0.786. The van der Waals surface area contributed by atoms with Crippen LogP contribution in [0.1, 0.15) is 11.1 Å². The fourth-order valence-corrected chi connectivity index (χ4v) is 4.20. The summed E-state index contributed by atoms with van der Waals surface area (Å²) >= 11 is 0. The molecule has 0 unspecified atom stereocenters. The van der Waals surface area contributed by atoms with Crippen molar-refractivity contribution in [2.75, 3.05) is 33.7 Å². The SMILES string of the molecule is C[n+]1ccn(CCN(CCn2cc[n+](C)c2)CC([O-])=Nc2ccc(/C=C/c3ccc([NH+](C)C)cc3)cc2)c1. The van der Waals surface area contributed by atoms with E-state index in [0.29, 0.717) is 5.69 Å². The highest BCUT2D eigenvalue weighted by Crippen LogP contribution is 2.16. The van der Waals surface area contributed by atoms with Gasteiger partial charge >= 0.3 is 0 Å². The van der Waals surface area contributed by atoms with Gasteiger partial charge in [0.25, 0.3) is 0 Å². The van der Waals surface area contributed by atoms with Crippen molar-refractivity contribution in [2.24, 2.45) is 19.1 Å². The normalized spacial score (nSPS) is 12.3. The summed E-state index contributed by atoms with van der Waals surface area (Å²) in [6.07, 6.45) is 16.4. The molecule has 2 heterocycles. The number of aryl methyl sites for hydroxylation is 2. The maximum absolute atomic E-state index is 12.9. The van der Waals surface area contributed by atoms with Gasteiger partial charge in [-0.3, -0.25) is 9.89 Å². The molecule has 2 aromatic heterocycles. The molecular formula is C30H39N7O+2. The molecule has 198 valence electrons. The maximum atomic E-state index is 12.9. The zero-order valence-electron chi connectivity index (χ0n) is 22.9. The van der Waals surface area contributed by atoms with Crippen LogP contribution < -0.4 is 19.1 Å². The summed E-state index contributed by atoms with van der Waals surface area (Å²) in [5.74, 6) is -0.132. The smallest absolute Gasteiger partial charge is 0.243 e. The summed E-state index contributed by atoms with van der Waals surface area (Å²) < 4.78 is 8.30. The molecule has 0 bridgehead atoms. The van der Waals surface area contributed by atoms with Gasteiger partial charge in [-0.05, 0) is 53.4 Å². The van der Waals surface area contributed by atoms with Gasteiger partial charge in [-0.15, -0.1) is 0 Å². The van der Waals surface area contributed by atoms with Gasteiger partial charge in [0.05, 0.1) is 33.9 Å². The molecule has 2 aromatic carbocycles. The summed E-state index contributed by atoms with van der Waals surface area (Å²) in [6, 6.07) is 16.3. The monoisotopic (exact) mass is 513 g/mol. The first-order chi connectivity index (χ1) is 18.3. The molecule has 0 radical (unpaired) electrons. The van der Waals surface area contributed by atoms with E-state index in [-0.39, 0.29) is 12.4 Å². The molecule has 0 atom stereocenters. The van der Waals surface area contributed by atoms with Crippen molar-refractivity contribution in [3.8, 4) is 0 Å². The van der Waals surface area contributed by atoms with Gasteiger partial charge in [-0.25, -0.2) is 18.3 Å². The third-order valence-electron chi connectivity index (χ3n) is 6.46. The predicted octanol–water partition coefficient (Wildman–Crippen LogP) is 0.978. The lowest BCUT2D eigenvalue weighted by Crippen LogP contribution is -3.00. The minimum Gasteiger partial charge on any atom is -0.861 e. The van der Waals surface area contributed by atoms with Crippen LogP contribution in [0.3, 0.4) is 0 Å². The summed E-state index contributed by atoms with van der Waals surface area (Å²) in [4.78, 5) is 7.85. The van der Waals surface area contributed by atoms with Gasteiger partial charge in [-0.1, -0.05) is 24.3 Å². The number of hydrogen-bond donors (Lipinski definition) is 1. The Kier molecular flexibility index (Phi) is 9.24. The van der Waals surface area contributed by atoms with E-state index in [0.717, 1.165) is 37.3 Å². The topological polar surface area (TPSA) is 60.7 Å². The maximum Gasteiger partial charge on any atom is 0.243 e. The molecule has 1 N–H and O–H groups in total. The zero-order chi connectivity index (χ0) is 26.9. The molecule has 0 aliphatic heterocycles. The van der Waals surface area contributed by atoms with Crippen molar-refractivity contribution in [1.29, 1.82) is 0 Å². The number of nitrogens with one attached hydrogen (secondary N) is 1. The number of aliphatic imine (C=N–C) groups is 1. The van der Waals surface area contributed by atoms with Crippen molar-refractivity contribution < 1.29 is 19.1 Å². The second-order valence-corrected chi connectivity index (χ2v) is 9.96. The van der Waals surface area contributed by atoms with Gasteiger partial charge in [0.2, 0.25) is 12.7 Å². The van der Waals surface area contributed by atoms with Crippen LogP contribution in [-0.2, 0) is 27.2 Å². The standard InChI is InChI=1S/C30H38N7O/c1-32(2)29-13-9-27(10-14-29)6-5-26-7-11-28(12-8-26)31-30(38)23-35(19-21-36-17-15-33(3)24-36)20-22-37-18-16-34(4)25-37/h5-18,24-25H,19-23H2,1-4H3/q+1/p+1/b6-5+. The van der Waals surface area contributed by atoms with E-state index in [1.165, 1.54) is 10.6 Å². The second kappa shape index (κ2) is 13.0. The largest absolute Gasteiger partial charge is 0.861 e. The molecule has 8 nitrogen and oxygen atoms in total. The Morgan fingerprint density at radius 3 is 1.79 bits per heavy atom. The molecule has 38 heavy (non-hydrogen) atoms. The minimum absolute atomic E-state index is 0.132. The van der Waals surface area contributed by atoms with Crippen LogP contribution in [-0.4, -0.2) is 53.7 Å². The Labute approximate surface area is 225 Å². The number of rotatable bonds is 12. The fourth-order valence-electron chi connectivity index (χ4n) is 4.20. The Morgan fingerprint density at radius 2 is 1.34 bits per heavy atom. The van der Waals surface area contributed by atoms with E-state index in [9.17, 15) is 5.11 Å². The summed E-state index contributed by atoms with van der Waals surface area (Å²) in [5, 5.41) is 12.9. The van der Waals surface area contributed by atoms with Crippen LogP contribution in [0.5, 0.6) is 0 Å². The van der Waals surface area contributed by atoms with Crippen LogP contribution in [0.15, 0.2) is 91.0 Å². The lowest BCUT2D eigenvalue weighted by atomic mass is 10.1. The van der Waals surface area contributed by atoms with E-state index in [1.54, 1.807) is 0 Å². The average molecular weight is 514 g/mol. The van der Waals surface area contributed by atoms with Crippen molar-refractivity contribution in [2.45, 2.75) is 13.1 Å². The molecule has 0 spiro atoms. The molecule has 8 heteroatoms. The lowest BCUT2D eigenvalue weighted by Gasteiger charge is -2.23. The number of benzene rings is 2. The molecular weight excluding hydrogens is 474 g/mol. The third kappa shape index (κ3) is 8.26. The Morgan fingerprint density at radius 1 is 0.842 bits per heavy atom. The average Bonchev–Trinajstić information content (AvgIpc) is 3.52.